The molecule has 0 bridgehead atoms. The topological polar surface area (TPSA) is 29.5 Å². The number of hydrogen-bond acceptors (Lipinski definition) is 2. The van der Waals surface area contributed by atoms with Crippen LogP contribution in [0.4, 0.5) is 0 Å². The zero-order chi connectivity index (χ0) is 11.1. The van der Waals surface area contributed by atoms with Crippen molar-refractivity contribution >= 4 is 15.9 Å². The minimum absolute atomic E-state index is 0.483. The van der Waals surface area contributed by atoms with Crippen molar-refractivity contribution in [2.24, 2.45) is 0 Å². The average Bonchev–Trinajstić information content (AvgIpc) is 2.91. The predicted molar refractivity (Wildman–Crippen MR) is 63.3 cm³/mol. The quantitative estimate of drug-likeness (QED) is 0.916. The summed E-state index contributed by atoms with van der Waals surface area (Å²) < 4.78 is 6.41. The zero-order valence-electron chi connectivity index (χ0n) is 9.01. The lowest BCUT2D eigenvalue weighted by atomic mass is 10.0. The Labute approximate surface area is 98.4 Å². The first-order chi connectivity index (χ1) is 7.06. The fraction of sp³-hybridized carbons (Fsp3) is 0.500. The van der Waals surface area contributed by atoms with Crippen LogP contribution in [-0.2, 0) is 6.42 Å². The Hall–Kier alpha value is -0.540. The lowest BCUT2D eigenvalue weighted by Crippen LogP contribution is -2.12. The van der Waals surface area contributed by atoms with Gasteiger partial charge in [0.15, 0.2) is 0 Å². The second-order valence-electron chi connectivity index (χ2n) is 4.28. The molecule has 0 unspecified atom stereocenters. The molecule has 2 nitrogen and oxygen atoms in total. The third-order valence-electron chi connectivity index (χ3n) is 2.94. The average molecular weight is 271 g/mol. The fourth-order valence-electron chi connectivity index (χ4n) is 1.82. The van der Waals surface area contributed by atoms with E-state index >= 15 is 0 Å². The van der Waals surface area contributed by atoms with E-state index in [0.29, 0.717) is 6.42 Å². The van der Waals surface area contributed by atoms with Crippen LogP contribution in [0.2, 0.25) is 0 Å². The standard InChI is InChI=1S/C12H15BrO2/c1-8-3-4-10(13)9(11(8)15-2)7-12(14)5-6-12/h3-4,14H,5-7H2,1-2H3. The second-order valence-corrected chi connectivity index (χ2v) is 5.13. The summed E-state index contributed by atoms with van der Waals surface area (Å²) in [6.45, 7) is 2.02. The molecule has 0 heterocycles. The molecule has 0 amide bonds. The van der Waals surface area contributed by atoms with Crippen LogP contribution in [0.3, 0.4) is 0 Å². The van der Waals surface area contributed by atoms with Crippen molar-refractivity contribution < 1.29 is 9.84 Å². The number of halogens is 1. The van der Waals surface area contributed by atoms with E-state index in [0.717, 1.165) is 34.2 Å². The van der Waals surface area contributed by atoms with Gasteiger partial charge in [0.1, 0.15) is 5.75 Å². The van der Waals surface area contributed by atoms with E-state index in [4.69, 9.17) is 4.74 Å². The summed E-state index contributed by atoms with van der Waals surface area (Å²) in [4.78, 5) is 0. The van der Waals surface area contributed by atoms with Crippen molar-refractivity contribution in [1.82, 2.24) is 0 Å². The van der Waals surface area contributed by atoms with E-state index < -0.39 is 5.60 Å². The number of ether oxygens (including phenoxy) is 1. The van der Waals surface area contributed by atoms with Gasteiger partial charge in [-0.05, 0) is 31.4 Å². The Morgan fingerprint density at radius 2 is 2.13 bits per heavy atom. The summed E-state index contributed by atoms with van der Waals surface area (Å²) in [6, 6.07) is 4.03. The maximum Gasteiger partial charge on any atom is 0.126 e. The van der Waals surface area contributed by atoms with Crippen molar-refractivity contribution in [3.63, 3.8) is 0 Å². The number of methoxy groups -OCH3 is 1. The number of rotatable bonds is 3. The van der Waals surface area contributed by atoms with Crippen LogP contribution in [0.1, 0.15) is 24.0 Å². The summed E-state index contributed by atoms with van der Waals surface area (Å²) in [5.41, 5.74) is 1.71. The maximum atomic E-state index is 9.94. The molecule has 0 aliphatic heterocycles. The first-order valence-electron chi connectivity index (χ1n) is 5.10. The van der Waals surface area contributed by atoms with Gasteiger partial charge in [0.2, 0.25) is 0 Å². The van der Waals surface area contributed by atoms with E-state index in [-0.39, 0.29) is 0 Å². The lowest BCUT2D eigenvalue weighted by molar-refractivity contribution is 0.149. The minimum Gasteiger partial charge on any atom is -0.496 e. The number of benzene rings is 1. The SMILES string of the molecule is COc1c(C)ccc(Br)c1CC1(O)CC1. The molecule has 1 aliphatic rings. The Kier molecular flexibility index (Phi) is 2.77. The monoisotopic (exact) mass is 270 g/mol. The van der Waals surface area contributed by atoms with Crippen molar-refractivity contribution in [2.45, 2.75) is 31.8 Å². The first-order valence-corrected chi connectivity index (χ1v) is 5.89. The molecular formula is C12H15BrO2. The maximum absolute atomic E-state index is 9.94. The Morgan fingerprint density at radius 3 is 2.67 bits per heavy atom. The van der Waals surface area contributed by atoms with Gasteiger partial charge in [-0.15, -0.1) is 0 Å². The lowest BCUT2D eigenvalue weighted by Gasteiger charge is -2.15. The third kappa shape index (κ3) is 2.18. The van der Waals surface area contributed by atoms with Crippen LogP contribution in [0.5, 0.6) is 5.75 Å². The van der Waals surface area contributed by atoms with Gasteiger partial charge in [0, 0.05) is 16.5 Å². The van der Waals surface area contributed by atoms with Gasteiger partial charge in [-0.2, -0.15) is 0 Å². The highest BCUT2D eigenvalue weighted by Crippen LogP contribution is 2.42. The highest BCUT2D eigenvalue weighted by Gasteiger charge is 2.41. The van der Waals surface area contributed by atoms with Crippen molar-refractivity contribution in [3.8, 4) is 5.75 Å². The molecule has 2 rings (SSSR count). The van der Waals surface area contributed by atoms with Crippen LogP contribution in [0.25, 0.3) is 0 Å². The van der Waals surface area contributed by atoms with Gasteiger partial charge in [0.05, 0.1) is 12.7 Å². The number of hydrogen-bond donors (Lipinski definition) is 1. The number of aryl methyl sites for hydroxylation is 1. The molecule has 15 heavy (non-hydrogen) atoms. The van der Waals surface area contributed by atoms with Gasteiger partial charge in [-0.3, -0.25) is 0 Å². The molecule has 1 aromatic carbocycles. The summed E-state index contributed by atoms with van der Waals surface area (Å²) in [7, 11) is 1.68. The zero-order valence-corrected chi connectivity index (χ0v) is 10.6. The van der Waals surface area contributed by atoms with E-state index in [1.807, 2.05) is 19.1 Å². The van der Waals surface area contributed by atoms with E-state index in [1.54, 1.807) is 7.11 Å². The second kappa shape index (κ2) is 3.80. The number of aliphatic hydroxyl groups is 1. The molecule has 1 aromatic rings. The van der Waals surface area contributed by atoms with Gasteiger partial charge in [-0.1, -0.05) is 22.0 Å². The van der Waals surface area contributed by atoms with E-state index in [1.165, 1.54) is 0 Å². The Morgan fingerprint density at radius 1 is 1.47 bits per heavy atom. The highest BCUT2D eigenvalue weighted by atomic mass is 79.9. The van der Waals surface area contributed by atoms with E-state index in [9.17, 15) is 5.11 Å². The van der Waals surface area contributed by atoms with Gasteiger partial charge in [-0.25, -0.2) is 0 Å². The third-order valence-corrected chi connectivity index (χ3v) is 3.68. The summed E-state index contributed by atoms with van der Waals surface area (Å²) in [6.07, 6.45) is 2.48. The van der Waals surface area contributed by atoms with Gasteiger partial charge >= 0.3 is 0 Å². The fourth-order valence-corrected chi connectivity index (χ4v) is 2.27. The molecule has 82 valence electrons. The van der Waals surface area contributed by atoms with Crippen LogP contribution in [0, 0.1) is 6.92 Å². The summed E-state index contributed by atoms with van der Waals surface area (Å²) in [5, 5.41) is 9.94. The minimum atomic E-state index is -0.483. The Bertz CT molecular complexity index is 383. The van der Waals surface area contributed by atoms with E-state index in [2.05, 4.69) is 15.9 Å². The molecule has 1 saturated carbocycles. The molecule has 1 fully saturated rings. The summed E-state index contributed by atoms with van der Waals surface area (Å²) in [5.74, 6) is 0.893. The molecule has 0 aromatic heterocycles. The molecular weight excluding hydrogens is 256 g/mol. The molecule has 0 spiro atoms. The van der Waals surface area contributed by atoms with Crippen LogP contribution < -0.4 is 4.74 Å². The van der Waals surface area contributed by atoms with Crippen LogP contribution in [0.15, 0.2) is 16.6 Å². The summed E-state index contributed by atoms with van der Waals surface area (Å²) >= 11 is 3.51. The smallest absolute Gasteiger partial charge is 0.126 e. The van der Waals surface area contributed by atoms with Gasteiger partial charge in [0.25, 0.3) is 0 Å². The molecule has 0 saturated heterocycles. The predicted octanol–water partition coefficient (Wildman–Crippen LogP) is 2.83. The molecule has 0 atom stereocenters. The largest absolute Gasteiger partial charge is 0.496 e. The molecule has 3 heteroatoms. The highest BCUT2D eigenvalue weighted by molar-refractivity contribution is 9.10. The molecule has 0 radical (unpaired) electrons. The van der Waals surface area contributed by atoms with Crippen LogP contribution >= 0.6 is 15.9 Å². The van der Waals surface area contributed by atoms with Crippen molar-refractivity contribution in [2.75, 3.05) is 7.11 Å². The Balaban J connectivity index is 2.38. The van der Waals surface area contributed by atoms with Crippen molar-refractivity contribution in [3.05, 3.63) is 27.7 Å². The molecule has 1 N–H and O–H groups in total. The van der Waals surface area contributed by atoms with Crippen LogP contribution in [-0.4, -0.2) is 17.8 Å². The molecule has 1 aliphatic carbocycles. The van der Waals surface area contributed by atoms with Gasteiger partial charge < -0.3 is 9.84 Å². The normalized spacial score (nSPS) is 17.6. The van der Waals surface area contributed by atoms with Crippen molar-refractivity contribution in [1.29, 1.82) is 0 Å². The first kappa shape index (κ1) is 11.0.